The second-order valence-corrected chi connectivity index (χ2v) is 8.59. The van der Waals surface area contributed by atoms with Crippen LogP contribution in [0.3, 0.4) is 0 Å². The number of nitrogens with one attached hydrogen (secondary N) is 1. The van der Waals surface area contributed by atoms with E-state index in [4.69, 9.17) is 9.84 Å². The monoisotopic (exact) mass is 405 g/mol. The molecule has 1 fully saturated rings. The zero-order valence-corrected chi connectivity index (χ0v) is 16.0. The van der Waals surface area contributed by atoms with Gasteiger partial charge in [0, 0.05) is 5.92 Å². The van der Waals surface area contributed by atoms with E-state index in [2.05, 4.69) is 4.72 Å². The number of aliphatic hydroxyl groups is 1. The van der Waals surface area contributed by atoms with Crippen LogP contribution >= 0.6 is 0 Å². The number of hydrogen-bond acceptors (Lipinski definition) is 5. The zero-order valence-electron chi connectivity index (χ0n) is 15.2. The highest BCUT2D eigenvalue weighted by Crippen LogP contribution is 2.26. The number of rotatable bonds is 8. The Hall–Kier alpha value is -2.26. The van der Waals surface area contributed by atoms with Crippen LogP contribution in [0, 0.1) is 5.92 Å². The average Bonchev–Trinajstić information content (AvgIpc) is 3.15. The first kappa shape index (κ1) is 20.5. The maximum absolute atomic E-state index is 12.6. The lowest BCUT2D eigenvalue weighted by Gasteiger charge is -2.20. The predicted octanol–water partition coefficient (Wildman–Crippen LogP) is 1.56. The lowest BCUT2D eigenvalue weighted by molar-refractivity contribution is -0.140. The molecule has 0 saturated carbocycles. The van der Waals surface area contributed by atoms with Gasteiger partial charge in [-0.3, -0.25) is 4.79 Å². The molecule has 0 spiro atoms. The number of ether oxygens (including phenoxy) is 1. The highest BCUT2D eigenvalue weighted by Gasteiger charge is 2.38. The van der Waals surface area contributed by atoms with Crippen molar-refractivity contribution in [2.24, 2.45) is 5.92 Å². The van der Waals surface area contributed by atoms with Gasteiger partial charge in [-0.15, -0.1) is 0 Å². The molecule has 0 radical (unpaired) electrons. The first-order valence-corrected chi connectivity index (χ1v) is 10.5. The lowest BCUT2D eigenvalue weighted by Crippen LogP contribution is -2.46. The SMILES string of the molecule is O=C(O)[C@H](NS(=O)(=O)c1ccc(CO)cc1)[C@@H]1CO[C@@H](Cc2ccccc2)C1. The number of hydrogen-bond donors (Lipinski definition) is 3. The maximum atomic E-state index is 12.6. The Bertz CT molecular complexity index is 898. The van der Waals surface area contributed by atoms with Crippen molar-refractivity contribution in [1.82, 2.24) is 4.72 Å². The Morgan fingerprint density at radius 3 is 2.39 bits per heavy atom. The van der Waals surface area contributed by atoms with Gasteiger partial charge >= 0.3 is 5.97 Å². The van der Waals surface area contributed by atoms with E-state index in [0.29, 0.717) is 18.4 Å². The van der Waals surface area contributed by atoms with Crippen molar-refractivity contribution in [3.8, 4) is 0 Å². The highest BCUT2D eigenvalue weighted by atomic mass is 32.2. The fourth-order valence-corrected chi connectivity index (χ4v) is 4.60. The Morgan fingerprint density at radius 1 is 1.11 bits per heavy atom. The summed E-state index contributed by atoms with van der Waals surface area (Å²) in [5, 5.41) is 18.7. The van der Waals surface area contributed by atoms with Gasteiger partial charge in [-0.1, -0.05) is 42.5 Å². The van der Waals surface area contributed by atoms with Gasteiger partial charge in [-0.05, 0) is 36.1 Å². The molecule has 3 N–H and O–H groups in total. The van der Waals surface area contributed by atoms with Crippen LogP contribution in [-0.2, 0) is 32.6 Å². The summed E-state index contributed by atoms with van der Waals surface area (Å²) in [5.74, 6) is -1.69. The van der Waals surface area contributed by atoms with Gasteiger partial charge in [-0.25, -0.2) is 8.42 Å². The molecule has 2 aromatic carbocycles. The summed E-state index contributed by atoms with van der Waals surface area (Å²) in [6.07, 6.45) is 0.958. The van der Waals surface area contributed by atoms with Gasteiger partial charge in [0.05, 0.1) is 24.2 Å². The summed E-state index contributed by atoms with van der Waals surface area (Å²) in [4.78, 5) is 11.7. The molecule has 0 amide bonds. The van der Waals surface area contributed by atoms with E-state index in [1.54, 1.807) is 0 Å². The van der Waals surface area contributed by atoms with E-state index in [0.717, 1.165) is 5.56 Å². The lowest BCUT2D eigenvalue weighted by atomic mass is 9.95. The smallest absolute Gasteiger partial charge is 0.322 e. The van der Waals surface area contributed by atoms with Gasteiger partial charge < -0.3 is 14.9 Å². The standard InChI is InChI=1S/C20H23NO6S/c22-12-15-6-8-18(9-7-15)28(25,26)21-19(20(23)24)16-11-17(27-13-16)10-14-4-2-1-3-5-14/h1-9,16-17,19,21-22H,10-13H2,(H,23,24)/t16-,17-,19+/m0/s1. The minimum absolute atomic E-state index is 0.0456. The number of carboxylic acid groups (broad SMARTS) is 1. The molecule has 150 valence electrons. The topological polar surface area (TPSA) is 113 Å². The maximum Gasteiger partial charge on any atom is 0.322 e. The van der Waals surface area contributed by atoms with Crippen molar-refractivity contribution < 1.29 is 28.2 Å². The van der Waals surface area contributed by atoms with Crippen LogP contribution in [0.1, 0.15) is 17.5 Å². The molecule has 1 heterocycles. The molecule has 0 aliphatic carbocycles. The Balaban J connectivity index is 1.68. The number of benzene rings is 2. The molecule has 2 aromatic rings. The molecule has 0 unspecified atom stereocenters. The summed E-state index contributed by atoms with van der Waals surface area (Å²) in [7, 11) is -4.01. The van der Waals surface area contributed by atoms with E-state index in [1.165, 1.54) is 24.3 Å². The van der Waals surface area contributed by atoms with Gasteiger partial charge in [0.25, 0.3) is 0 Å². The summed E-state index contributed by atoms with van der Waals surface area (Å²) in [6, 6.07) is 14.1. The third kappa shape index (κ3) is 4.96. The van der Waals surface area contributed by atoms with Crippen molar-refractivity contribution >= 4 is 16.0 Å². The second-order valence-electron chi connectivity index (χ2n) is 6.88. The quantitative estimate of drug-likeness (QED) is 0.614. The molecule has 0 aromatic heterocycles. The Kier molecular flexibility index (Phi) is 6.46. The van der Waals surface area contributed by atoms with Crippen molar-refractivity contribution in [3.63, 3.8) is 0 Å². The van der Waals surface area contributed by atoms with E-state index in [-0.39, 0.29) is 24.2 Å². The molecule has 7 nitrogen and oxygen atoms in total. The fraction of sp³-hybridized carbons (Fsp3) is 0.350. The molecule has 8 heteroatoms. The Morgan fingerprint density at radius 2 is 1.79 bits per heavy atom. The molecular weight excluding hydrogens is 382 g/mol. The largest absolute Gasteiger partial charge is 0.480 e. The third-order valence-corrected chi connectivity index (χ3v) is 6.31. The first-order chi connectivity index (χ1) is 13.4. The van der Waals surface area contributed by atoms with Crippen LogP contribution in [0.25, 0.3) is 0 Å². The van der Waals surface area contributed by atoms with Crippen LogP contribution in [0.4, 0.5) is 0 Å². The van der Waals surface area contributed by atoms with Crippen LogP contribution < -0.4 is 4.72 Å². The molecule has 3 rings (SSSR count). The van der Waals surface area contributed by atoms with E-state index < -0.39 is 28.0 Å². The minimum Gasteiger partial charge on any atom is -0.480 e. The van der Waals surface area contributed by atoms with Crippen LogP contribution in [-0.4, -0.2) is 43.4 Å². The zero-order chi connectivity index (χ0) is 20.1. The first-order valence-electron chi connectivity index (χ1n) is 8.99. The number of carboxylic acids is 1. The van der Waals surface area contributed by atoms with Crippen LogP contribution in [0.15, 0.2) is 59.5 Å². The second kappa shape index (κ2) is 8.83. The summed E-state index contributed by atoms with van der Waals surface area (Å²) < 4.78 is 33.2. The van der Waals surface area contributed by atoms with Gasteiger partial charge in [-0.2, -0.15) is 4.72 Å². The molecular formula is C20H23NO6S. The molecule has 3 atom stereocenters. The summed E-state index contributed by atoms with van der Waals surface area (Å²) in [6.45, 7) is -0.0197. The van der Waals surface area contributed by atoms with E-state index in [1.807, 2.05) is 30.3 Å². The van der Waals surface area contributed by atoms with Crippen molar-refractivity contribution in [3.05, 3.63) is 65.7 Å². The molecule has 0 bridgehead atoms. The number of aliphatic hydroxyl groups excluding tert-OH is 1. The van der Waals surface area contributed by atoms with E-state index >= 15 is 0 Å². The van der Waals surface area contributed by atoms with Gasteiger partial charge in [0.15, 0.2) is 0 Å². The molecule has 1 aliphatic rings. The van der Waals surface area contributed by atoms with Crippen molar-refractivity contribution in [2.45, 2.75) is 36.5 Å². The molecule has 28 heavy (non-hydrogen) atoms. The predicted molar refractivity (Wildman–Crippen MR) is 102 cm³/mol. The van der Waals surface area contributed by atoms with Crippen molar-refractivity contribution in [1.29, 1.82) is 0 Å². The third-order valence-electron chi connectivity index (χ3n) is 4.85. The molecule has 1 saturated heterocycles. The summed E-state index contributed by atoms with van der Waals surface area (Å²) in [5.41, 5.74) is 1.66. The summed E-state index contributed by atoms with van der Waals surface area (Å²) >= 11 is 0. The van der Waals surface area contributed by atoms with Crippen molar-refractivity contribution in [2.75, 3.05) is 6.61 Å². The average molecular weight is 405 g/mol. The van der Waals surface area contributed by atoms with Gasteiger partial charge in [0.2, 0.25) is 10.0 Å². The highest BCUT2D eigenvalue weighted by molar-refractivity contribution is 7.89. The fourth-order valence-electron chi connectivity index (χ4n) is 3.34. The van der Waals surface area contributed by atoms with E-state index in [9.17, 15) is 18.3 Å². The van der Waals surface area contributed by atoms with Crippen LogP contribution in [0.5, 0.6) is 0 Å². The number of sulfonamides is 1. The van der Waals surface area contributed by atoms with Gasteiger partial charge in [0.1, 0.15) is 6.04 Å². The normalized spacial score (nSPS) is 20.8. The number of aliphatic carboxylic acids is 1. The minimum atomic E-state index is -4.01. The molecule has 1 aliphatic heterocycles. The number of carbonyl (C=O) groups is 1. The van der Waals surface area contributed by atoms with Crippen LogP contribution in [0.2, 0.25) is 0 Å². The Labute approximate surface area is 164 Å².